The Morgan fingerprint density at radius 2 is 1.15 bits per heavy atom. The van der Waals surface area contributed by atoms with E-state index in [1.165, 1.54) is 33.6 Å². The van der Waals surface area contributed by atoms with Crippen molar-refractivity contribution < 1.29 is 4.11 Å². The molecule has 0 bridgehead atoms. The Kier molecular flexibility index (Phi) is 5.70. The number of fused-ring (bicyclic) bond motifs is 6. The van der Waals surface area contributed by atoms with E-state index in [0.717, 1.165) is 53.8 Å². The van der Waals surface area contributed by atoms with Crippen LogP contribution in [0.1, 0.15) is 29.1 Å². The van der Waals surface area contributed by atoms with Crippen molar-refractivity contribution in [3.05, 3.63) is 175 Å². The van der Waals surface area contributed by atoms with Gasteiger partial charge >= 0.3 is 0 Å². The summed E-state index contributed by atoms with van der Waals surface area (Å²) in [4.78, 5) is 2.17. The molecule has 0 fully saturated rings. The number of thiophene rings is 1. The van der Waals surface area contributed by atoms with E-state index in [1.807, 2.05) is 24.3 Å². The summed E-state index contributed by atoms with van der Waals surface area (Å²) < 4.78 is 29.4. The van der Waals surface area contributed by atoms with Crippen LogP contribution in [0.3, 0.4) is 0 Å². The van der Waals surface area contributed by atoms with E-state index in [9.17, 15) is 1.37 Å². The lowest BCUT2D eigenvalue weighted by atomic mass is 9.82. The third kappa shape index (κ3) is 4.44. The van der Waals surface area contributed by atoms with Gasteiger partial charge in [0, 0.05) is 37.0 Å². The predicted molar refractivity (Wildman–Crippen MR) is 202 cm³/mol. The maximum atomic E-state index is 9.55. The van der Waals surface area contributed by atoms with E-state index >= 15 is 0 Å². The van der Waals surface area contributed by atoms with Crippen molar-refractivity contribution in [2.24, 2.45) is 0 Å². The zero-order chi connectivity index (χ0) is 34.1. The molecule has 0 radical (unpaired) electrons. The normalized spacial score (nSPS) is 14.0. The Morgan fingerprint density at radius 3 is 1.94 bits per heavy atom. The van der Waals surface area contributed by atoms with Crippen molar-refractivity contribution in [3.63, 3.8) is 0 Å². The van der Waals surface area contributed by atoms with Crippen LogP contribution in [0.15, 0.2) is 164 Å². The molecule has 47 heavy (non-hydrogen) atoms. The van der Waals surface area contributed by atoms with Crippen molar-refractivity contribution in [1.82, 2.24) is 0 Å². The maximum absolute atomic E-state index is 9.55. The minimum Gasteiger partial charge on any atom is -0.310 e. The molecule has 8 aromatic rings. The second kappa shape index (κ2) is 10.8. The molecule has 7 aromatic carbocycles. The van der Waals surface area contributed by atoms with E-state index in [4.69, 9.17) is 2.74 Å². The van der Waals surface area contributed by atoms with Crippen LogP contribution in [0.5, 0.6) is 0 Å². The summed E-state index contributed by atoms with van der Waals surface area (Å²) in [5, 5.41) is 1.83. The van der Waals surface area contributed by atoms with Crippen LogP contribution in [-0.2, 0) is 5.41 Å². The van der Waals surface area contributed by atoms with E-state index in [1.54, 1.807) is 0 Å². The van der Waals surface area contributed by atoms with Crippen LogP contribution >= 0.6 is 11.3 Å². The summed E-state index contributed by atoms with van der Waals surface area (Å²) in [5.41, 5.74) is 11.6. The van der Waals surface area contributed by atoms with Gasteiger partial charge in [0.25, 0.3) is 0 Å². The highest BCUT2D eigenvalue weighted by Gasteiger charge is 2.36. The van der Waals surface area contributed by atoms with E-state index in [-0.39, 0.29) is 23.5 Å². The summed E-state index contributed by atoms with van der Waals surface area (Å²) in [6, 6.07) is 51.0. The van der Waals surface area contributed by atoms with Crippen LogP contribution < -0.4 is 4.90 Å². The second-order valence-electron chi connectivity index (χ2n) is 12.7. The maximum Gasteiger partial charge on any atom is 0.0645 e. The lowest BCUT2D eigenvalue weighted by molar-refractivity contribution is 0.660. The molecule has 0 aliphatic heterocycles. The average molecular weight is 623 g/mol. The second-order valence-corrected chi connectivity index (χ2v) is 13.8. The van der Waals surface area contributed by atoms with Gasteiger partial charge in [-0.3, -0.25) is 0 Å². The Balaban J connectivity index is 1.37. The van der Waals surface area contributed by atoms with E-state index in [2.05, 4.69) is 140 Å². The molecule has 0 saturated carbocycles. The first kappa shape index (κ1) is 24.7. The fourth-order valence-corrected chi connectivity index (χ4v) is 8.44. The third-order valence-corrected chi connectivity index (χ3v) is 10.8. The van der Waals surface area contributed by atoms with Crippen molar-refractivity contribution >= 4 is 48.6 Å². The van der Waals surface area contributed by atoms with Gasteiger partial charge in [-0.15, -0.1) is 11.3 Å². The zero-order valence-electron chi connectivity index (χ0n) is 29.2. The van der Waals surface area contributed by atoms with Gasteiger partial charge in [-0.1, -0.05) is 135 Å². The highest BCUT2D eigenvalue weighted by atomic mass is 32.1. The molecule has 1 aliphatic carbocycles. The molecule has 0 amide bonds. The van der Waals surface area contributed by atoms with E-state index in [0.29, 0.717) is 5.69 Å². The third-order valence-electron chi connectivity index (χ3n) is 9.67. The molecular formula is C45H33NS. The van der Waals surface area contributed by atoms with Crippen molar-refractivity contribution in [3.8, 4) is 33.4 Å². The first-order chi connectivity index (χ1) is 24.3. The van der Waals surface area contributed by atoms with Crippen LogP contribution in [0.25, 0.3) is 53.6 Å². The molecule has 1 heterocycles. The molecule has 2 heteroatoms. The summed E-state index contributed by atoms with van der Waals surface area (Å²) in [6.07, 6.45) is 0. The minimum atomic E-state index is -0.222. The van der Waals surface area contributed by atoms with Gasteiger partial charge in [-0.25, -0.2) is 0 Å². The van der Waals surface area contributed by atoms with Gasteiger partial charge in [0.2, 0.25) is 0 Å². The minimum absolute atomic E-state index is 0.0440. The summed E-state index contributed by atoms with van der Waals surface area (Å²) in [5.74, 6) is 0. The largest absolute Gasteiger partial charge is 0.310 e. The molecule has 0 unspecified atom stereocenters. The van der Waals surface area contributed by atoms with E-state index < -0.39 is 0 Å². The molecule has 224 valence electrons. The fourth-order valence-electron chi connectivity index (χ4n) is 7.38. The SMILES string of the molecule is [2H]c1c([2H])c(N(c2ccc(-c3ccccc3)c(-c3ccccc3)c2)c2ccc3c(c2)C(C)(C)c2ccccc2-3)c2c(sc3ccccc32)c1[2H]. The lowest BCUT2D eigenvalue weighted by Crippen LogP contribution is -2.16. The standard InChI is InChI=1S/C45H33NS/c1-45(2)39-20-11-9-18-35(39)36-27-25-33(29-40(36)45)46(41-21-13-23-43-44(41)37-19-10-12-22-42(37)47-43)32-24-26-34(30-14-5-3-6-15-30)38(28-32)31-16-7-4-8-17-31/h3-29H,1-2H3/i13D,21D,23D. The van der Waals surface area contributed by atoms with Gasteiger partial charge in [-0.05, 0) is 86.9 Å². The fraction of sp³-hybridized carbons (Fsp3) is 0.0667. The number of rotatable bonds is 5. The Hall–Kier alpha value is -5.44. The number of anilines is 3. The lowest BCUT2D eigenvalue weighted by Gasteiger charge is -2.29. The Morgan fingerprint density at radius 1 is 0.532 bits per heavy atom. The molecule has 1 aliphatic rings. The molecule has 0 N–H and O–H groups in total. The first-order valence-electron chi connectivity index (χ1n) is 17.5. The number of hydrogen-bond donors (Lipinski definition) is 0. The van der Waals surface area contributed by atoms with Crippen molar-refractivity contribution in [2.75, 3.05) is 4.90 Å². The molecule has 0 atom stereocenters. The monoisotopic (exact) mass is 622 g/mol. The topological polar surface area (TPSA) is 3.24 Å². The smallest absolute Gasteiger partial charge is 0.0645 e. The summed E-state index contributed by atoms with van der Waals surface area (Å²) in [6.45, 7) is 4.57. The van der Waals surface area contributed by atoms with Crippen LogP contribution in [-0.4, -0.2) is 0 Å². The molecule has 1 aromatic heterocycles. The molecule has 9 rings (SSSR count). The molecular weight excluding hydrogens is 587 g/mol. The summed E-state index contributed by atoms with van der Waals surface area (Å²) >= 11 is 1.53. The average Bonchev–Trinajstić information content (AvgIpc) is 3.65. The Bertz CT molecular complexity index is 2610. The van der Waals surface area contributed by atoms with Gasteiger partial charge in [0.15, 0.2) is 0 Å². The Labute approximate surface area is 284 Å². The predicted octanol–water partition coefficient (Wildman–Crippen LogP) is 13.2. The molecule has 0 saturated heterocycles. The molecule has 1 nitrogen and oxygen atoms in total. The van der Waals surface area contributed by atoms with Crippen molar-refractivity contribution in [1.29, 1.82) is 0 Å². The molecule has 0 spiro atoms. The quantitative estimate of drug-likeness (QED) is 0.185. The van der Waals surface area contributed by atoms with Gasteiger partial charge in [0.1, 0.15) is 0 Å². The van der Waals surface area contributed by atoms with Crippen molar-refractivity contribution in [2.45, 2.75) is 19.3 Å². The highest BCUT2D eigenvalue weighted by molar-refractivity contribution is 7.26. The number of hydrogen-bond acceptors (Lipinski definition) is 2. The summed E-state index contributed by atoms with van der Waals surface area (Å²) in [7, 11) is 0. The van der Waals surface area contributed by atoms with Crippen LogP contribution in [0, 0.1) is 0 Å². The number of nitrogens with zero attached hydrogens (tertiary/aromatic N) is 1. The van der Waals surface area contributed by atoms with Gasteiger partial charge < -0.3 is 4.90 Å². The first-order valence-corrected chi connectivity index (χ1v) is 16.8. The number of benzene rings is 7. The van der Waals surface area contributed by atoms with Gasteiger partial charge in [-0.2, -0.15) is 0 Å². The highest BCUT2D eigenvalue weighted by Crippen LogP contribution is 2.52. The van der Waals surface area contributed by atoms with Crippen LogP contribution in [0.2, 0.25) is 0 Å². The zero-order valence-corrected chi connectivity index (χ0v) is 27.0. The van der Waals surface area contributed by atoms with Gasteiger partial charge in [0.05, 0.1) is 9.80 Å². The van der Waals surface area contributed by atoms with Crippen LogP contribution in [0.4, 0.5) is 17.1 Å².